The number of fused-ring (bicyclic) bond motifs is 3. The van der Waals surface area contributed by atoms with Crippen LogP contribution in [0.3, 0.4) is 0 Å². The molecule has 0 aliphatic heterocycles. The van der Waals surface area contributed by atoms with Crippen LogP contribution < -0.4 is 11.3 Å². The lowest BCUT2D eigenvalue weighted by molar-refractivity contribution is 0.477. The largest absolute Gasteiger partial charge is 0.507 e. The minimum absolute atomic E-state index is 0.113. The maximum absolute atomic E-state index is 12.7. The second-order valence-corrected chi connectivity index (χ2v) is 7.60. The molecule has 0 aliphatic carbocycles. The molecule has 0 saturated carbocycles. The molecule has 0 aliphatic rings. The number of nitrogens with one attached hydrogen (secondary N) is 1. The average Bonchev–Trinajstić information content (AvgIpc) is 2.69. The lowest BCUT2D eigenvalue weighted by Crippen LogP contribution is -2.09. The Morgan fingerprint density at radius 1 is 1.04 bits per heavy atom. The van der Waals surface area contributed by atoms with Crippen LogP contribution >= 0.6 is 0 Å². The van der Waals surface area contributed by atoms with Gasteiger partial charge in [-0.2, -0.15) is 0 Å². The number of benzene rings is 3. The van der Waals surface area contributed by atoms with E-state index in [9.17, 15) is 9.90 Å². The number of H-pyrrole nitrogens is 1. The smallest absolute Gasteiger partial charge is 0.256 e. The van der Waals surface area contributed by atoms with Crippen LogP contribution in [0, 0.1) is 13.8 Å². The first-order valence-corrected chi connectivity index (χ1v) is 9.50. The van der Waals surface area contributed by atoms with Crippen LogP contribution in [0.15, 0.2) is 53.3 Å². The number of hydrogen-bond donors (Lipinski definition) is 3. The van der Waals surface area contributed by atoms with Crippen molar-refractivity contribution in [2.24, 2.45) is 5.73 Å². The molecule has 0 amide bonds. The molecule has 4 heteroatoms. The molecule has 28 heavy (non-hydrogen) atoms. The van der Waals surface area contributed by atoms with E-state index in [0.717, 1.165) is 44.1 Å². The summed E-state index contributed by atoms with van der Waals surface area (Å²) in [6.07, 6.45) is 0. The molecule has 0 spiro atoms. The van der Waals surface area contributed by atoms with E-state index in [1.807, 2.05) is 44.2 Å². The predicted molar refractivity (Wildman–Crippen MR) is 116 cm³/mol. The topological polar surface area (TPSA) is 79.1 Å². The summed E-state index contributed by atoms with van der Waals surface area (Å²) >= 11 is 0. The zero-order chi connectivity index (χ0) is 20.0. The van der Waals surface area contributed by atoms with Crippen molar-refractivity contribution >= 4 is 21.7 Å². The van der Waals surface area contributed by atoms with Crippen LogP contribution in [0.2, 0.25) is 0 Å². The number of phenolic OH excluding ortho intramolecular Hbond substituents is 1. The molecule has 0 unspecified atom stereocenters. The van der Waals surface area contributed by atoms with E-state index < -0.39 is 0 Å². The van der Waals surface area contributed by atoms with E-state index in [4.69, 9.17) is 5.73 Å². The first-order chi connectivity index (χ1) is 13.4. The van der Waals surface area contributed by atoms with Crippen molar-refractivity contribution in [3.05, 3.63) is 75.6 Å². The molecule has 0 radical (unpaired) electrons. The highest BCUT2D eigenvalue weighted by molar-refractivity contribution is 6.14. The van der Waals surface area contributed by atoms with E-state index >= 15 is 0 Å². The molecule has 1 aromatic heterocycles. The van der Waals surface area contributed by atoms with Crippen LogP contribution in [0.5, 0.6) is 5.75 Å². The summed E-state index contributed by atoms with van der Waals surface area (Å²) in [5.74, 6) is 0.483. The maximum atomic E-state index is 12.7. The summed E-state index contributed by atoms with van der Waals surface area (Å²) < 4.78 is 0. The number of aromatic amines is 1. The van der Waals surface area contributed by atoms with E-state index in [2.05, 4.69) is 24.0 Å². The highest BCUT2D eigenvalue weighted by Gasteiger charge is 2.17. The third kappa shape index (κ3) is 2.86. The van der Waals surface area contributed by atoms with Gasteiger partial charge in [0, 0.05) is 16.3 Å². The fourth-order valence-corrected chi connectivity index (χ4v) is 3.88. The van der Waals surface area contributed by atoms with Crippen molar-refractivity contribution in [3.8, 4) is 16.9 Å². The van der Waals surface area contributed by atoms with E-state index in [-0.39, 0.29) is 17.2 Å². The van der Waals surface area contributed by atoms with Gasteiger partial charge in [0.1, 0.15) is 5.75 Å². The quantitative estimate of drug-likeness (QED) is 0.455. The third-order valence-corrected chi connectivity index (χ3v) is 5.55. The molecular weight excluding hydrogens is 348 g/mol. The average molecular weight is 372 g/mol. The van der Waals surface area contributed by atoms with Crippen molar-refractivity contribution in [2.45, 2.75) is 26.7 Å². The zero-order valence-electron chi connectivity index (χ0n) is 16.3. The Morgan fingerprint density at radius 3 is 2.43 bits per heavy atom. The normalized spacial score (nSPS) is 12.6. The van der Waals surface area contributed by atoms with Gasteiger partial charge in [0.15, 0.2) is 0 Å². The Labute approximate surface area is 163 Å². The van der Waals surface area contributed by atoms with Gasteiger partial charge >= 0.3 is 0 Å². The van der Waals surface area contributed by atoms with Crippen LogP contribution in [-0.4, -0.2) is 16.6 Å². The molecule has 0 bridgehead atoms. The standard InChI is InChI=1S/C24H24N2O2/c1-13-4-9-18-19(10-13)24(28)26-23-14(2)11-20(27)21(22(18)23)17-7-5-16(6-8-17)15(3)12-25/h4-11,15,27H,12,25H2,1-3H3,(H,26,28)/t15-/m0/s1. The van der Waals surface area contributed by atoms with Crippen LogP contribution in [0.4, 0.5) is 0 Å². The second kappa shape index (κ2) is 6.80. The number of phenols is 1. The fraction of sp³-hybridized carbons (Fsp3) is 0.208. The number of hydrogen-bond acceptors (Lipinski definition) is 3. The number of aromatic nitrogens is 1. The predicted octanol–water partition coefficient (Wildman–Crippen LogP) is 4.73. The van der Waals surface area contributed by atoms with E-state index in [0.29, 0.717) is 11.9 Å². The van der Waals surface area contributed by atoms with Crippen molar-refractivity contribution in [2.75, 3.05) is 6.54 Å². The van der Waals surface area contributed by atoms with Gasteiger partial charge in [-0.25, -0.2) is 0 Å². The monoisotopic (exact) mass is 372 g/mol. The van der Waals surface area contributed by atoms with Gasteiger partial charge in [0.2, 0.25) is 0 Å². The molecule has 142 valence electrons. The Morgan fingerprint density at radius 2 is 1.75 bits per heavy atom. The van der Waals surface area contributed by atoms with Crippen molar-refractivity contribution in [3.63, 3.8) is 0 Å². The van der Waals surface area contributed by atoms with Crippen molar-refractivity contribution in [1.82, 2.24) is 4.98 Å². The molecule has 1 heterocycles. The minimum Gasteiger partial charge on any atom is -0.507 e. The lowest BCUT2D eigenvalue weighted by Gasteiger charge is -2.15. The Balaban J connectivity index is 2.10. The van der Waals surface area contributed by atoms with Crippen molar-refractivity contribution < 1.29 is 5.11 Å². The minimum atomic E-state index is -0.113. The number of aryl methyl sites for hydroxylation is 2. The second-order valence-electron chi connectivity index (χ2n) is 7.60. The Bertz CT molecular complexity index is 1250. The number of pyridine rings is 1. The van der Waals surface area contributed by atoms with Gasteiger partial charge in [-0.1, -0.05) is 48.9 Å². The zero-order valence-corrected chi connectivity index (χ0v) is 16.3. The molecule has 0 fully saturated rings. The van der Waals surface area contributed by atoms with Gasteiger partial charge in [-0.3, -0.25) is 4.79 Å². The molecule has 4 N–H and O–H groups in total. The summed E-state index contributed by atoms with van der Waals surface area (Å²) in [5.41, 5.74) is 11.1. The fourth-order valence-electron chi connectivity index (χ4n) is 3.88. The summed E-state index contributed by atoms with van der Waals surface area (Å²) in [6.45, 7) is 6.54. The Kier molecular flexibility index (Phi) is 4.44. The van der Waals surface area contributed by atoms with Crippen LogP contribution in [0.25, 0.3) is 32.8 Å². The highest BCUT2D eigenvalue weighted by Crippen LogP contribution is 2.40. The van der Waals surface area contributed by atoms with Gasteiger partial charge < -0.3 is 15.8 Å². The van der Waals surface area contributed by atoms with Crippen LogP contribution in [-0.2, 0) is 0 Å². The molecule has 4 aromatic rings. The Hall–Kier alpha value is -3.11. The van der Waals surface area contributed by atoms with Crippen molar-refractivity contribution in [1.29, 1.82) is 0 Å². The summed E-state index contributed by atoms with van der Waals surface area (Å²) in [5, 5.41) is 13.2. The SMILES string of the molecule is Cc1ccc2c(c1)c(=O)[nH]c1c(C)cc(O)c(-c3ccc([C@@H](C)CN)cc3)c12. The van der Waals surface area contributed by atoms with Gasteiger partial charge in [0.25, 0.3) is 5.56 Å². The highest BCUT2D eigenvalue weighted by atomic mass is 16.3. The molecular formula is C24H24N2O2. The van der Waals surface area contributed by atoms with E-state index in [1.54, 1.807) is 6.07 Å². The van der Waals surface area contributed by atoms with E-state index in [1.165, 1.54) is 0 Å². The molecule has 3 aromatic carbocycles. The first kappa shape index (κ1) is 18.3. The maximum Gasteiger partial charge on any atom is 0.256 e. The molecule has 4 rings (SSSR count). The number of nitrogens with two attached hydrogens (primary N) is 1. The van der Waals surface area contributed by atoms with Gasteiger partial charge in [-0.15, -0.1) is 0 Å². The van der Waals surface area contributed by atoms with Crippen LogP contribution in [0.1, 0.15) is 29.5 Å². The lowest BCUT2D eigenvalue weighted by atomic mass is 9.91. The first-order valence-electron chi connectivity index (χ1n) is 9.50. The summed E-state index contributed by atoms with van der Waals surface area (Å²) in [7, 11) is 0. The third-order valence-electron chi connectivity index (χ3n) is 5.55. The van der Waals surface area contributed by atoms with Gasteiger partial charge in [-0.05, 0) is 60.5 Å². The molecule has 4 nitrogen and oxygen atoms in total. The molecule has 0 saturated heterocycles. The van der Waals surface area contributed by atoms with Gasteiger partial charge in [0.05, 0.1) is 5.52 Å². The number of aromatic hydroxyl groups is 1. The molecule has 1 atom stereocenters. The number of rotatable bonds is 3. The summed E-state index contributed by atoms with van der Waals surface area (Å²) in [4.78, 5) is 15.7. The summed E-state index contributed by atoms with van der Waals surface area (Å²) in [6, 6.07) is 15.7.